The lowest BCUT2D eigenvalue weighted by molar-refractivity contribution is 0.248. The van der Waals surface area contributed by atoms with Gasteiger partial charge in [-0.15, -0.1) is 0 Å². The van der Waals surface area contributed by atoms with E-state index in [2.05, 4.69) is 14.8 Å². The van der Waals surface area contributed by atoms with Gasteiger partial charge in [0, 0.05) is 32.7 Å². The van der Waals surface area contributed by atoms with E-state index < -0.39 is 0 Å². The van der Waals surface area contributed by atoms with Crippen molar-refractivity contribution in [1.82, 2.24) is 9.88 Å². The molecule has 16 heavy (non-hydrogen) atoms. The van der Waals surface area contributed by atoms with Crippen LogP contribution in [-0.4, -0.2) is 42.6 Å². The van der Waals surface area contributed by atoms with Crippen LogP contribution in [0, 0.1) is 5.92 Å². The van der Waals surface area contributed by atoms with Crippen molar-refractivity contribution in [3.8, 4) is 0 Å². The molecule has 1 saturated heterocycles. The Kier molecular flexibility index (Phi) is 2.73. The Morgan fingerprint density at radius 3 is 2.62 bits per heavy atom. The van der Waals surface area contributed by atoms with E-state index in [1.54, 1.807) is 17.5 Å². The van der Waals surface area contributed by atoms with Gasteiger partial charge in [-0.05, 0) is 18.8 Å². The van der Waals surface area contributed by atoms with Crippen LogP contribution >= 0.6 is 11.3 Å². The molecule has 5 heteroatoms. The molecule has 3 rings (SSSR count). The average molecular weight is 238 g/mol. The Labute approximate surface area is 100 Å². The summed E-state index contributed by atoms with van der Waals surface area (Å²) < 4.78 is 0. The van der Waals surface area contributed by atoms with E-state index in [0.717, 1.165) is 29.1 Å². The monoisotopic (exact) mass is 238 g/mol. The molecule has 1 aliphatic heterocycles. The lowest BCUT2D eigenvalue weighted by atomic mass is 10.3. The molecule has 1 saturated carbocycles. The summed E-state index contributed by atoms with van der Waals surface area (Å²) in [7, 11) is 0. The topological polar surface area (TPSA) is 45.4 Å². The Morgan fingerprint density at radius 1 is 1.31 bits per heavy atom. The molecular formula is C11H18N4S. The van der Waals surface area contributed by atoms with Gasteiger partial charge >= 0.3 is 0 Å². The van der Waals surface area contributed by atoms with Gasteiger partial charge in [0.1, 0.15) is 5.00 Å². The molecule has 0 radical (unpaired) electrons. The predicted octanol–water partition coefficient (Wildman–Crippen LogP) is 1.26. The molecule has 0 atom stereocenters. The van der Waals surface area contributed by atoms with Crippen LogP contribution in [0.5, 0.6) is 0 Å². The fourth-order valence-electron chi connectivity index (χ4n) is 2.21. The molecule has 0 amide bonds. The second-order valence-corrected chi connectivity index (χ2v) is 5.82. The van der Waals surface area contributed by atoms with Gasteiger partial charge in [0.25, 0.3) is 0 Å². The summed E-state index contributed by atoms with van der Waals surface area (Å²) in [6.07, 6.45) is 4.66. The van der Waals surface area contributed by atoms with E-state index in [4.69, 9.17) is 5.73 Å². The van der Waals surface area contributed by atoms with E-state index in [-0.39, 0.29) is 0 Å². The van der Waals surface area contributed by atoms with Crippen molar-refractivity contribution in [2.45, 2.75) is 12.8 Å². The van der Waals surface area contributed by atoms with Gasteiger partial charge in [-0.3, -0.25) is 4.90 Å². The summed E-state index contributed by atoms with van der Waals surface area (Å²) in [5.74, 6) is 1.00. The number of rotatable bonds is 3. The molecule has 88 valence electrons. The van der Waals surface area contributed by atoms with Gasteiger partial charge in [-0.25, -0.2) is 4.98 Å². The van der Waals surface area contributed by atoms with Crippen molar-refractivity contribution in [3.05, 3.63) is 6.20 Å². The smallest absolute Gasteiger partial charge is 0.187 e. The highest BCUT2D eigenvalue weighted by atomic mass is 32.1. The van der Waals surface area contributed by atoms with Crippen LogP contribution in [0.4, 0.5) is 10.1 Å². The van der Waals surface area contributed by atoms with Crippen LogP contribution in [0.3, 0.4) is 0 Å². The molecule has 2 aliphatic rings. The zero-order valence-electron chi connectivity index (χ0n) is 9.43. The van der Waals surface area contributed by atoms with Crippen LogP contribution in [-0.2, 0) is 0 Å². The third kappa shape index (κ3) is 2.30. The number of nitrogens with two attached hydrogens (primary N) is 1. The molecule has 0 spiro atoms. The second-order valence-electron chi connectivity index (χ2n) is 4.78. The van der Waals surface area contributed by atoms with Crippen molar-refractivity contribution in [3.63, 3.8) is 0 Å². The van der Waals surface area contributed by atoms with Gasteiger partial charge in [0.15, 0.2) is 5.13 Å². The molecule has 1 aliphatic carbocycles. The van der Waals surface area contributed by atoms with Crippen molar-refractivity contribution in [2.75, 3.05) is 43.4 Å². The number of hydrogen-bond acceptors (Lipinski definition) is 5. The lowest BCUT2D eigenvalue weighted by Gasteiger charge is -2.34. The van der Waals surface area contributed by atoms with Gasteiger partial charge in [-0.1, -0.05) is 11.3 Å². The molecular weight excluding hydrogens is 220 g/mol. The normalized spacial score (nSPS) is 22.6. The third-order valence-corrected chi connectivity index (χ3v) is 4.25. The van der Waals surface area contributed by atoms with Crippen molar-refractivity contribution in [1.29, 1.82) is 0 Å². The SMILES string of the molecule is Nc1cnc(N2CCN(CC3CC3)CC2)s1. The first-order chi connectivity index (χ1) is 7.81. The quantitative estimate of drug-likeness (QED) is 0.861. The number of hydrogen-bond donors (Lipinski definition) is 1. The number of aromatic nitrogens is 1. The first-order valence-corrected chi connectivity index (χ1v) is 6.81. The number of anilines is 2. The summed E-state index contributed by atoms with van der Waals surface area (Å²) >= 11 is 1.60. The minimum Gasteiger partial charge on any atom is -0.389 e. The van der Waals surface area contributed by atoms with Crippen molar-refractivity contribution >= 4 is 21.5 Å². The van der Waals surface area contributed by atoms with Crippen molar-refractivity contribution in [2.24, 2.45) is 5.92 Å². The molecule has 0 aromatic carbocycles. The van der Waals surface area contributed by atoms with E-state index >= 15 is 0 Å². The van der Waals surface area contributed by atoms with Crippen LogP contribution in [0.1, 0.15) is 12.8 Å². The highest BCUT2D eigenvalue weighted by Gasteiger charge is 2.26. The van der Waals surface area contributed by atoms with Crippen LogP contribution in [0.25, 0.3) is 0 Å². The summed E-state index contributed by atoms with van der Waals surface area (Å²) in [4.78, 5) is 9.28. The summed E-state index contributed by atoms with van der Waals surface area (Å²) in [5.41, 5.74) is 5.71. The van der Waals surface area contributed by atoms with E-state index in [0.29, 0.717) is 0 Å². The number of thiazole rings is 1. The summed E-state index contributed by atoms with van der Waals surface area (Å²) in [6.45, 7) is 5.86. The minimum absolute atomic E-state index is 0.815. The van der Waals surface area contributed by atoms with Crippen LogP contribution in [0.2, 0.25) is 0 Å². The first kappa shape index (κ1) is 10.4. The molecule has 1 aromatic rings. The van der Waals surface area contributed by atoms with Gasteiger partial charge in [-0.2, -0.15) is 0 Å². The maximum atomic E-state index is 5.71. The van der Waals surface area contributed by atoms with E-state index in [1.807, 2.05) is 0 Å². The maximum absolute atomic E-state index is 5.71. The van der Waals surface area contributed by atoms with Crippen molar-refractivity contribution < 1.29 is 0 Å². The lowest BCUT2D eigenvalue weighted by Crippen LogP contribution is -2.46. The number of nitrogen functional groups attached to an aromatic ring is 1. The summed E-state index contributed by atoms with van der Waals surface area (Å²) in [6, 6.07) is 0. The molecule has 2 N–H and O–H groups in total. The predicted molar refractivity (Wildman–Crippen MR) is 67.9 cm³/mol. The standard InChI is InChI=1S/C11H18N4S/c12-10-7-13-11(16-10)15-5-3-14(4-6-15)8-9-1-2-9/h7,9H,1-6,8,12H2. The molecule has 1 aromatic heterocycles. The first-order valence-electron chi connectivity index (χ1n) is 6.00. The molecule has 0 unspecified atom stereocenters. The minimum atomic E-state index is 0.815. The zero-order chi connectivity index (χ0) is 11.0. The fourth-order valence-corrected chi connectivity index (χ4v) is 2.94. The number of piperazine rings is 1. The Hall–Kier alpha value is -0.810. The molecule has 0 bridgehead atoms. The average Bonchev–Trinajstić information content (AvgIpc) is 3.00. The summed E-state index contributed by atoms with van der Waals surface area (Å²) in [5, 5.41) is 1.90. The Bertz CT molecular complexity index is 353. The van der Waals surface area contributed by atoms with Gasteiger partial charge in [0.2, 0.25) is 0 Å². The molecule has 2 fully saturated rings. The van der Waals surface area contributed by atoms with Gasteiger partial charge in [0.05, 0.1) is 6.20 Å². The van der Waals surface area contributed by atoms with Crippen LogP contribution < -0.4 is 10.6 Å². The third-order valence-electron chi connectivity index (χ3n) is 3.37. The largest absolute Gasteiger partial charge is 0.389 e. The van der Waals surface area contributed by atoms with E-state index in [9.17, 15) is 0 Å². The fraction of sp³-hybridized carbons (Fsp3) is 0.727. The zero-order valence-corrected chi connectivity index (χ0v) is 10.2. The molecule has 4 nitrogen and oxygen atoms in total. The van der Waals surface area contributed by atoms with E-state index in [1.165, 1.54) is 32.5 Å². The van der Waals surface area contributed by atoms with Gasteiger partial charge < -0.3 is 10.6 Å². The Morgan fingerprint density at radius 2 is 2.06 bits per heavy atom. The molecule has 2 heterocycles. The Balaban J connectivity index is 1.53. The second kappa shape index (κ2) is 4.22. The highest BCUT2D eigenvalue weighted by molar-refractivity contribution is 7.19. The number of nitrogens with zero attached hydrogens (tertiary/aromatic N) is 3. The maximum Gasteiger partial charge on any atom is 0.187 e. The van der Waals surface area contributed by atoms with Crippen LogP contribution in [0.15, 0.2) is 6.20 Å². The highest BCUT2D eigenvalue weighted by Crippen LogP contribution is 2.30.